The number of benzene rings is 3. The van der Waals surface area contributed by atoms with Crippen molar-refractivity contribution in [2.75, 3.05) is 17.3 Å². The van der Waals surface area contributed by atoms with Gasteiger partial charge in [-0.15, -0.1) is 0 Å². The van der Waals surface area contributed by atoms with E-state index in [0.29, 0.717) is 16.4 Å². The van der Waals surface area contributed by atoms with E-state index in [1.807, 2.05) is 0 Å². The number of rotatable bonds is 4. The molecule has 0 unspecified atom stereocenters. The van der Waals surface area contributed by atoms with Gasteiger partial charge in [0, 0.05) is 35.9 Å². The number of pyridine rings is 1. The summed E-state index contributed by atoms with van der Waals surface area (Å²) in [6.45, 7) is 0. The molecular weight excluding hydrogens is 467 g/mol. The second kappa shape index (κ2) is 8.87. The van der Waals surface area contributed by atoms with Gasteiger partial charge in [-0.2, -0.15) is 13.2 Å². The lowest BCUT2D eigenvalue weighted by molar-refractivity contribution is -0.136. The Morgan fingerprint density at radius 2 is 1.62 bits per heavy atom. The monoisotopic (exact) mass is 485 g/mol. The number of aromatic nitrogens is 1. The zero-order chi connectivity index (χ0) is 24.6. The standard InChI is InChI=1S/C25H19ClF3N3O2/c1-31(17-7-4-3-5-8-17)23(33)21-22(30-16-13-11-15(26)12-14-16)20-18(25(27,28)29)9-6-10-19(20)32(2)24(21)34/h3-14,30H,1-2H3. The summed E-state index contributed by atoms with van der Waals surface area (Å²) < 4.78 is 43.2. The van der Waals surface area contributed by atoms with Gasteiger partial charge in [0.15, 0.2) is 0 Å². The second-order valence-corrected chi connectivity index (χ2v) is 8.08. The summed E-state index contributed by atoms with van der Waals surface area (Å²) in [4.78, 5) is 28.1. The fourth-order valence-electron chi connectivity index (χ4n) is 3.77. The Bertz CT molecular complexity index is 1430. The van der Waals surface area contributed by atoms with Gasteiger partial charge in [0.2, 0.25) is 0 Å². The van der Waals surface area contributed by atoms with Crippen LogP contribution >= 0.6 is 11.6 Å². The van der Waals surface area contributed by atoms with Crippen molar-refractivity contribution in [3.05, 3.63) is 99.3 Å². The number of nitrogens with zero attached hydrogens (tertiary/aromatic N) is 2. The van der Waals surface area contributed by atoms with Crippen LogP contribution in [0.15, 0.2) is 77.6 Å². The maximum absolute atomic E-state index is 14.1. The summed E-state index contributed by atoms with van der Waals surface area (Å²) >= 11 is 5.94. The first kappa shape index (κ1) is 23.4. The van der Waals surface area contributed by atoms with E-state index >= 15 is 0 Å². The van der Waals surface area contributed by atoms with Crippen LogP contribution in [-0.2, 0) is 13.2 Å². The number of fused-ring (bicyclic) bond motifs is 1. The van der Waals surface area contributed by atoms with Crippen LogP contribution < -0.4 is 15.8 Å². The van der Waals surface area contributed by atoms with Gasteiger partial charge in [0.25, 0.3) is 11.5 Å². The fourth-order valence-corrected chi connectivity index (χ4v) is 3.89. The molecule has 0 saturated heterocycles. The van der Waals surface area contributed by atoms with Crippen molar-refractivity contribution in [2.24, 2.45) is 7.05 Å². The number of nitrogens with one attached hydrogen (secondary N) is 1. The number of alkyl halides is 3. The van der Waals surface area contributed by atoms with E-state index < -0.39 is 28.8 Å². The highest BCUT2D eigenvalue weighted by atomic mass is 35.5. The minimum absolute atomic E-state index is 0.0372. The van der Waals surface area contributed by atoms with Crippen molar-refractivity contribution < 1.29 is 18.0 Å². The first-order valence-electron chi connectivity index (χ1n) is 10.2. The molecule has 34 heavy (non-hydrogen) atoms. The SMILES string of the molecule is CN(C(=O)c1c(Nc2ccc(Cl)cc2)c2c(C(F)(F)F)cccc2n(C)c1=O)c1ccccc1. The molecule has 0 aliphatic carbocycles. The van der Waals surface area contributed by atoms with Gasteiger partial charge in [0.05, 0.1) is 16.8 Å². The highest BCUT2D eigenvalue weighted by Gasteiger charge is 2.36. The normalized spacial score (nSPS) is 11.5. The average molecular weight is 486 g/mol. The Balaban J connectivity index is 2.06. The molecule has 0 aliphatic rings. The van der Waals surface area contributed by atoms with Crippen LogP contribution in [-0.4, -0.2) is 17.5 Å². The molecule has 3 aromatic carbocycles. The third-order valence-corrected chi connectivity index (χ3v) is 5.76. The third-order valence-electron chi connectivity index (χ3n) is 5.50. The van der Waals surface area contributed by atoms with Gasteiger partial charge in [0.1, 0.15) is 5.56 Å². The molecule has 0 atom stereocenters. The summed E-state index contributed by atoms with van der Waals surface area (Å²) in [6, 6.07) is 18.3. The number of carbonyl (C=O) groups excluding carboxylic acids is 1. The molecule has 4 rings (SSSR count). The third kappa shape index (κ3) is 4.24. The Labute approximate surface area is 198 Å². The highest BCUT2D eigenvalue weighted by Crippen LogP contribution is 2.40. The summed E-state index contributed by atoms with van der Waals surface area (Å²) in [5.74, 6) is -0.748. The molecule has 0 spiro atoms. The summed E-state index contributed by atoms with van der Waals surface area (Å²) in [5, 5.41) is 3.04. The lowest BCUT2D eigenvalue weighted by Crippen LogP contribution is -2.35. The molecule has 174 valence electrons. The minimum Gasteiger partial charge on any atom is -0.354 e. The molecule has 1 aromatic heterocycles. The predicted molar refractivity (Wildman–Crippen MR) is 128 cm³/mol. The largest absolute Gasteiger partial charge is 0.417 e. The van der Waals surface area contributed by atoms with E-state index in [0.717, 1.165) is 10.6 Å². The lowest BCUT2D eigenvalue weighted by Gasteiger charge is -2.23. The Morgan fingerprint density at radius 3 is 2.24 bits per heavy atom. The van der Waals surface area contributed by atoms with Gasteiger partial charge in [-0.1, -0.05) is 35.9 Å². The van der Waals surface area contributed by atoms with Crippen LogP contribution in [0.25, 0.3) is 10.9 Å². The molecule has 9 heteroatoms. The van der Waals surface area contributed by atoms with Crippen molar-refractivity contribution >= 4 is 45.5 Å². The quantitative estimate of drug-likeness (QED) is 0.373. The summed E-state index contributed by atoms with van der Waals surface area (Å²) in [5.41, 5.74) is -1.43. The Kier molecular flexibility index (Phi) is 6.10. The van der Waals surface area contributed by atoms with Crippen LogP contribution in [0.2, 0.25) is 5.02 Å². The van der Waals surface area contributed by atoms with E-state index in [1.165, 1.54) is 31.1 Å². The fraction of sp³-hybridized carbons (Fsp3) is 0.120. The Hall–Kier alpha value is -3.78. The number of hydrogen-bond donors (Lipinski definition) is 1. The molecule has 1 heterocycles. The summed E-state index contributed by atoms with van der Waals surface area (Å²) in [6.07, 6.45) is -4.72. The summed E-state index contributed by atoms with van der Waals surface area (Å²) in [7, 11) is 2.80. The van der Waals surface area contributed by atoms with Gasteiger partial charge in [-0.05, 0) is 48.5 Å². The highest BCUT2D eigenvalue weighted by molar-refractivity contribution is 6.30. The van der Waals surface area contributed by atoms with Crippen LogP contribution in [0, 0.1) is 0 Å². The molecular formula is C25H19ClF3N3O2. The van der Waals surface area contributed by atoms with Crippen LogP contribution in [0.3, 0.4) is 0 Å². The lowest BCUT2D eigenvalue weighted by atomic mass is 10.0. The number of hydrogen-bond acceptors (Lipinski definition) is 3. The van der Waals surface area contributed by atoms with E-state index in [4.69, 9.17) is 11.6 Å². The molecule has 0 saturated carbocycles. The number of aryl methyl sites for hydroxylation is 1. The number of halogens is 4. The predicted octanol–water partition coefficient (Wildman–Crippen LogP) is 6.23. The molecule has 0 bridgehead atoms. The van der Waals surface area contributed by atoms with Crippen LogP contribution in [0.1, 0.15) is 15.9 Å². The first-order chi connectivity index (χ1) is 16.1. The Morgan fingerprint density at radius 1 is 0.971 bits per heavy atom. The smallest absolute Gasteiger partial charge is 0.354 e. The molecule has 0 aliphatic heterocycles. The number of anilines is 3. The van der Waals surface area contributed by atoms with Crippen LogP contribution in [0.4, 0.5) is 30.2 Å². The molecule has 4 aromatic rings. The van der Waals surface area contributed by atoms with Crippen molar-refractivity contribution in [2.45, 2.75) is 6.18 Å². The van der Waals surface area contributed by atoms with Crippen LogP contribution in [0.5, 0.6) is 0 Å². The molecule has 1 N–H and O–H groups in total. The van der Waals surface area contributed by atoms with Gasteiger partial charge >= 0.3 is 6.18 Å². The zero-order valence-electron chi connectivity index (χ0n) is 18.2. The van der Waals surface area contributed by atoms with Gasteiger partial charge in [-0.25, -0.2) is 0 Å². The van der Waals surface area contributed by atoms with Gasteiger partial charge < -0.3 is 14.8 Å². The van der Waals surface area contributed by atoms with Crippen molar-refractivity contribution in [3.63, 3.8) is 0 Å². The number of amides is 1. The van der Waals surface area contributed by atoms with Crippen molar-refractivity contribution in [1.82, 2.24) is 4.57 Å². The maximum atomic E-state index is 14.1. The first-order valence-corrected chi connectivity index (χ1v) is 10.6. The van der Waals surface area contributed by atoms with Gasteiger partial charge in [-0.3, -0.25) is 9.59 Å². The maximum Gasteiger partial charge on any atom is 0.417 e. The zero-order valence-corrected chi connectivity index (χ0v) is 18.9. The number of para-hydroxylation sites is 1. The molecule has 0 radical (unpaired) electrons. The van der Waals surface area contributed by atoms with E-state index in [-0.39, 0.29) is 16.6 Å². The van der Waals surface area contributed by atoms with E-state index in [9.17, 15) is 22.8 Å². The topological polar surface area (TPSA) is 54.3 Å². The molecule has 0 fully saturated rings. The average Bonchev–Trinajstić information content (AvgIpc) is 2.82. The number of carbonyl (C=O) groups is 1. The van der Waals surface area contributed by atoms with Crippen molar-refractivity contribution in [1.29, 1.82) is 0 Å². The molecule has 1 amide bonds. The minimum atomic E-state index is -4.72. The van der Waals surface area contributed by atoms with E-state index in [1.54, 1.807) is 54.6 Å². The van der Waals surface area contributed by atoms with E-state index in [2.05, 4.69) is 5.32 Å². The second-order valence-electron chi connectivity index (χ2n) is 7.64. The van der Waals surface area contributed by atoms with Crippen molar-refractivity contribution in [3.8, 4) is 0 Å². The molecule has 5 nitrogen and oxygen atoms in total.